The Morgan fingerprint density at radius 3 is 2.45 bits per heavy atom. The van der Waals surface area contributed by atoms with E-state index < -0.39 is 5.92 Å². The maximum atomic E-state index is 9.62. The first-order chi connectivity index (χ1) is 14.2. The van der Waals surface area contributed by atoms with Crippen LogP contribution in [0.4, 0.5) is 5.82 Å². The van der Waals surface area contributed by atoms with Crippen LogP contribution in [-0.4, -0.2) is 38.4 Å². The second-order valence-electron chi connectivity index (χ2n) is 6.75. The first kappa shape index (κ1) is 19.4. The van der Waals surface area contributed by atoms with E-state index in [1.54, 1.807) is 17.5 Å². The fourth-order valence-corrected chi connectivity index (χ4v) is 4.34. The summed E-state index contributed by atoms with van der Waals surface area (Å²) in [5.41, 5.74) is 3.11. The number of aliphatic hydroxyl groups excluding tert-OH is 2. The van der Waals surface area contributed by atoms with Crippen LogP contribution in [0.2, 0.25) is 0 Å². The van der Waals surface area contributed by atoms with Gasteiger partial charge >= 0.3 is 0 Å². The third kappa shape index (κ3) is 3.98. The molecule has 0 unspecified atom stereocenters. The lowest BCUT2D eigenvalue weighted by Gasteiger charge is -2.14. The van der Waals surface area contributed by atoms with Gasteiger partial charge in [0, 0.05) is 16.6 Å². The third-order valence-corrected chi connectivity index (χ3v) is 5.78. The first-order valence-corrected chi connectivity index (χ1v) is 10.2. The highest BCUT2D eigenvalue weighted by atomic mass is 32.1. The molecule has 0 aliphatic carbocycles. The van der Waals surface area contributed by atoms with E-state index in [-0.39, 0.29) is 13.2 Å². The lowest BCUT2D eigenvalue weighted by Crippen LogP contribution is -2.14. The van der Waals surface area contributed by atoms with E-state index in [1.807, 2.05) is 36.4 Å². The van der Waals surface area contributed by atoms with Crippen molar-refractivity contribution in [1.29, 1.82) is 0 Å². The van der Waals surface area contributed by atoms with E-state index in [2.05, 4.69) is 34.3 Å². The molecule has 0 amide bonds. The van der Waals surface area contributed by atoms with E-state index in [1.165, 1.54) is 0 Å². The van der Waals surface area contributed by atoms with E-state index >= 15 is 0 Å². The van der Waals surface area contributed by atoms with Gasteiger partial charge in [-0.15, -0.1) is 11.3 Å². The molecular weight excluding hydrogens is 384 g/mol. The first-order valence-electron chi connectivity index (χ1n) is 9.43. The van der Waals surface area contributed by atoms with Gasteiger partial charge in [-0.3, -0.25) is 4.98 Å². The van der Waals surface area contributed by atoms with Crippen molar-refractivity contribution in [1.82, 2.24) is 15.0 Å². The number of aryl methyl sites for hydroxylation is 1. The molecule has 7 heteroatoms. The Labute approximate surface area is 172 Å². The average molecular weight is 407 g/mol. The van der Waals surface area contributed by atoms with Gasteiger partial charge in [-0.1, -0.05) is 36.4 Å². The predicted molar refractivity (Wildman–Crippen MR) is 116 cm³/mol. The summed E-state index contributed by atoms with van der Waals surface area (Å²) in [6.07, 6.45) is 1.76. The van der Waals surface area contributed by atoms with Gasteiger partial charge in [0.25, 0.3) is 0 Å². The molecule has 6 nitrogen and oxygen atoms in total. The molecule has 0 saturated carbocycles. The van der Waals surface area contributed by atoms with E-state index in [9.17, 15) is 10.2 Å². The molecule has 0 fully saturated rings. The number of nitrogens with zero attached hydrogens (tertiary/aromatic N) is 3. The highest BCUT2D eigenvalue weighted by molar-refractivity contribution is 7.19. The summed E-state index contributed by atoms with van der Waals surface area (Å²) >= 11 is 1.59. The number of hydrogen-bond donors (Lipinski definition) is 3. The molecule has 3 N–H and O–H groups in total. The lowest BCUT2D eigenvalue weighted by atomic mass is 10.0. The van der Waals surface area contributed by atoms with Crippen LogP contribution < -0.4 is 5.32 Å². The highest BCUT2D eigenvalue weighted by Crippen LogP contribution is 2.41. The van der Waals surface area contributed by atoms with Crippen LogP contribution in [-0.2, 0) is 6.54 Å². The summed E-state index contributed by atoms with van der Waals surface area (Å²) in [7, 11) is 0. The van der Waals surface area contributed by atoms with Crippen LogP contribution in [0.3, 0.4) is 0 Å². The number of pyridine rings is 1. The van der Waals surface area contributed by atoms with Gasteiger partial charge < -0.3 is 15.5 Å². The maximum Gasteiger partial charge on any atom is 0.140 e. The van der Waals surface area contributed by atoms with Crippen LogP contribution >= 0.6 is 11.3 Å². The van der Waals surface area contributed by atoms with E-state index in [0.717, 1.165) is 31.9 Å². The number of fused-ring (bicyclic) bond motifs is 1. The molecule has 1 aromatic carbocycles. The number of benzene rings is 1. The lowest BCUT2D eigenvalue weighted by molar-refractivity contribution is 0.188. The second kappa shape index (κ2) is 8.65. The Hall–Kier alpha value is -2.87. The van der Waals surface area contributed by atoms with Crippen LogP contribution in [0.1, 0.15) is 22.3 Å². The normalized spacial score (nSPS) is 11.3. The molecule has 3 heterocycles. The van der Waals surface area contributed by atoms with Crippen molar-refractivity contribution in [2.45, 2.75) is 19.4 Å². The number of anilines is 1. The summed E-state index contributed by atoms with van der Waals surface area (Å²) in [4.78, 5) is 15.7. The maximum absolute atomic E-state index is 9.62. The van der Waals surface area contributed by atoms with Crippen molar-refractivity contribution in [2.75, 3.05) is 18.5 Å². The number of nitrogens with one attached hydrogen (secondary N) is 1. The smallest absolute Gasteiger partial charge is 0.140 e. The van der Waals surface area contributed by atoms with Gasteiger partial charge in [0.1, 0.15) is 16.5 Å². The molecule has 0 spiro atoms. The summed E-state index contributed by atoms with van der Waals surface area (Å²) < 4.78 is 0. The average Bonchev–Trinajstić information content (AvgIpc) is 3.10. The zero-order chi connectivity index (χ0) is 20.2. The molecule has 0 bridgehead atoms. The van der Waals surface area contributed by atoms with Gasteiger partial charge in [0.15, 0.2) is 0 Å². The van der Waals surface area contributed by atoms with Gasteiger partial charge in [0.2, 0.25) is 0 Å². The SMILES string of the molecule is Cc1sc2nc(C(CO)CO)nc(NCc3ccccn3)c2c1-c1ccccc1. The van der Waals surface area contributed by atoms with Gasteiger partial charge in [-0.2, -0.15) is 0 Å². The Morgan fingerprint density at radius 1 is 1.00 bits per heavy atom. The largest absolute Gasteiger partial charge is 0.396 e. The van der Waals surface area contributed by atoms with Crippen LogP contribution in [0.5, 0.6) is 0 Å². The molecule has 0 saturated heterocycles. The van der Waals surface area contributed by atoms with Crippen molar-refractivity contribution < 1.29 is 10.2 Å². The molecule has 4 aromatic rings. The molecular formula is C22H22N4O2S. The zero-order valence-corrected chi connectivity index (χ0v) is 16.9. The molecule has 4 rings (SSSR count). The van der Waals surface area contributed by atoms with Gasteiger partial charge in [-0.05, 0) is 24.6 Å². The molecule has 0 aliphatic heterocycles. The Kier molecular flexibility index (Phi) is 5.80. The molecule has 29 heavy (non-hydrogen) atoms. The Balaban J connectivity index is 1.86. The fourth-order valence-electron chi connectivity index (χ4n) is 3.29. The summed E-state index contributed by atoms with van der Waals surface area (Å²) in [6.45, 7) is 2.17. The quantitative estimate of drug-likeness (QED) is 0.433. The fraction of sp³-hybridized carbons (Fsp3) is 0.227. The molecule has 0 radical (unpaired) electrons. The summed E-state index contributed by atoms with van der Waals surface area (Å²) in [5, 5.41) is 23.6. The highest BCUT2D eigenvalue weighted by Gasteiger charge is 2.21. The van der Waals surface area contributed by atoms with Crippen molar-refractivity contribution >= 4 is 27.4 Å². The molecule has 0 atom stereocenters. The molecule has 3 aromatic heterocycles. The number of rotatable bonds is 7. The van der Waals surface area contributed by atoms with Crippen LogP contribution in [0.15, 0.2) is 54.7 Å². The van der Waals surface area contributed by atoms with E-state index in [4.69, 9.17) is 4.98 Å². The topological polar surface area (TPSA) is 91.2 Å². The monoisotopic (exact) mass is 406 g/mol. The van der Waals surface area contributed by atoms with Gasteiger partial charge in [0.05, 0.1) is 36.8 Å². The van der Waals surface area contributed by atoms with Crippen molar-refractivity contribution in [3.8, 4) is 11.1 Å². The third-order valence-electron chi connectivity index (χ3n) is 4.78. The Bertz CT molecular complexity index is 1100. The standard InChI is InChI=1S/C22H22N4O2S/c1-14-18(15-7-3-2-4-8-15)19-21(24-11-17-9-5-6-10-23-17)25-20(16(12-27)13-28)26-22(19)29-14/h2-10,16,27-28H,11-13H2,1H3,(H,24,25,26). The minimum atomic E-state index is -0.516. The van der Waals surface area contributed by atoms with Gasteiger partial charge in [-0.25, -0.2) is 9.97 Å². The summed E-state index contributed by atoms with van der Waals surface area (Å²) in [5.74, 6) is 0.607. The Morgan fingerprint density at radius 2 is 1.76 bits per heavy atom. The second-order valence-corrected chi connectivity index (χ2v) is 7.95. The zero-order valence-electron chi connectivity index (χ0n) is 16.0. The molecule has 0 aliphatic rings. The molecule has 148 valence electrons. The van der Waals surface area contributed by atoms with Crippen molar-refractivity contribution in [3.63, 3.8) is 0 Å². The minimum Gasteiger partial charge on any atom is -0.396 e. The van der Waals surface area contributed by atoms with Crippen LogP contribution in [0, 0.1) is 6.92 Å². The van der Waals surface area contributed by atoms with Crippen LogP contribution in [0.25, 0.3) is 21.3 Å². The number of hydrogen-bond acceptors (Lipinski definition) is 7. The van der Waals surface area contributed by atoms with Crippen molar-refractivity contribution in [2.24, 2.45) is 0 Å². The number of aromatic nitrogens is 3. The minimum absolute atomic E-state index is 0.211. The van der Waals surface area contributed by atoms with Crippen molar-refractivity contribution in [3.05, 3.63) is 71.1 Å². The predicted octanol–water partition coefficient (Wildman–Crippen LogP) is 3.74. The number of aliphatic hydroxyl groups is 2. The summed E-state index contributed by atoms with van der Waals surface area (Å²) in [6, 6.07) is 16.0. The number of thiophene rings is 1. The van der Waals surface area contributed by atoms with E-state index in [0.29, 0.717) is 18.2 Å².